The highest BCUT2D eigenvalue weighted by Gasteiger charge is 2.17. The van der Waals surface area contributed by atoms with Crippen LogP contribution in [0.1, 0.15) is 15.9 Å². The average Bonchev–Trinajstić information content (AvgIpc) is 2.79. The minimum atomic E-state index is -3.99. The van der Waals surface area contributed by atoms with Gasteiger partial charge < -0.3 is 15.4 Å². The van der Waals surface area contributed by atoms with E-state index in [2.05, 4.69) is 15.0 Å². The third-order valence-corrected chi connectivity index (χ3v) is 5.61. The lowest BCUT2D eigenvalue weighted by Gasteiger charge is -2.15. The molecular formula is C22H19N3O4S2. The highest BCUT2D eigenvalue weighted by Crippen LogP contribution is 2.17. The zero-order valence-corrected chi connectivity index (χ0v) is 18.1. The molecule has 0 aliphatic carbocycles. The summed E-state index contributed by atoms with van der Waals surface area (Å²) in [6.07, 6.45) is 0. The largest absolute Gasteiger partial charge is 0.465 e. The fourth-order valence-corrected chi connectivity index (χ4v) is 3.85. The third-order valence-electron chi connectivity index (χ3n) is 4.11. The van der Waals surface area contributed by atoms with Gasteiger partial charge >= 0.3 is 5.97 Å². The van der Waals surface area contributed by atoms with Crippen LogP contribution < -0.4 is 10.6 Å². The highest BCUT2D eigenvalue weighted by atomic mass is 32.2. The summed E-state index contributed by atoms with van der Waals surface area (Å²) in [6.45, 7) is 0. The van der Waals surface area contributed by atoms with E-state index >= 15 is 0 Å². The Balaban J connectivity index is 1.92. The van der Waals surface area contributed by atoms with Crippen LogP contribution in [0.3, 0.4) is 0 Å². The summed E-state index contributed by atoms with van der Waals surface area (Å²) in [5.41, 5.74) is 1.21. The number of carbonyl (C=O) groups is 1. The number of sulfonamides is 1. The Kier molecular flexibility index (Phi) is 7.11. The molecule has 0 spiro atoms. The molecule has 0 radical (unpaired) electrons. The van der Waals surface area contributed by atoms with Crippen molar-refractivity contribution in [3.05, 3.63) is 96.1 Å². The number of para-hydroxylation sites is 1. The zero-order valence-electron chi connectivity index (χ0n) is 16.5. The number of amidine groups is 1. The second-order valence-corrected chi connectivity index (χ2v) is 8.22. The van der Waals surface area contributed by atoms with Crippen LogP contribution >= 0.6 is 12.2 Å². The van der Waals surface area contributed by atoms with Crippen LogP contribution in [0.15, 0.2) is 94.2 Å². The number of carbonyl (C=O) groups excluding carboxylic acids is 1. The Morgan fingerprint density at radius 1 is 0.903 bits per heavy atom. The number of ether oxygens (including phenoxy) is 1. The number of benzene rings is 3. The van der Waals surface area contributed by atoms with Gasteiger partial charge in [-0.3, -0.25) is 0 Å². The molecule has 0 aromatic heterocycles. The lowest BCUT2D eigenvalue weighted by atomic mass is 10.2. The van der Waals surface area contributed by atoms with Crippen molar-refractivity contribution in [1.29, 1.82) is 0 Å². The van der Waals surface area contributed by atoms with Crippen molar-refractivity contribution in [2.45, 2.75) is 4.90 Å². The van der Waals surface area contributed by atoms with Gasteiger partial charge in [0.1, 0.15) is 0 Å². The lowest BCUT2D eigenvalue weighted by Crippen LogP contribution is -2.35. The van der Waals surface area contributed by atoms with Crippen LogP contribution in [-0.2, 0) is 14.8 Å². The SMILES string of the molecule is COC(=O)c1ccccc1NC(=S)N/C(=N/S(=O)(=O)c1ccccc1)c1ccccc1. The first-order chi connectivity index (χ1) is 14.9. The van der Waals surface area contributed by atoms with E-state index in [0.29, 0.717) is 11.3 Å². The summed E-state index contributed by atoms with van der Waals surface area (Å²) >= 11 is 5.35. The predicted molar refractivity (Wildman–Crippen MR) is 124 cm³/mol. The van der Waals surface area contributed by atoms with Crippen molar-refractivity contribution >= 4 is 44.8 Å². The van der Waals surface area contributed by atoms with Gasteiger partial charge in [0.05, 0.1) is 23.3 Å². The van der Waals surface area contributed by atoms with E-state index in [4.69, 9.17) is 17.0 Å². The number of esters is 1. The van der Waals surface area contributed by atoms with Crippen LogP contribution in [0.4, 0.5) is 5.69 Å². The van der Waals surface area contributed by atoms with E-state index in [-0.39, 0.29) is 21.4 Å². The minimum absolute atomic E-state index is 0.0394. The Labute approximate surface area is 185 Å². The summed E-state index contributed by atoms with van der Waals surface area (Å²) in [5, 5.41) is 5.78. The molecule has 2 N–H and O–H groups in total. The molecule has 9 heteroatoms. The summed E-state index contributed by atoms with van der Waals surface area (Å²) in [4.78, 5) is 12.0. The first-order valence-corrected chi connectivity index (χ1v) is 11.0. The number of rotatable bonds is 5. The van der Waals surface area contributed by atoms with E-state index < -0.39 is 16.0 Å². The molecule has 0 fully saturated rings. The number of nitrogens with zero attached hydrogens (tertiary/aromatic N) is 1. The molecule has 0 atom stereocenters. The number of hydrogen-bond acceptors (Lipinski definition) is 5. The Morgan fingerprint density at radius 3 is 2.13 bits per heavy atom. The first kappa shape index (κ1) is 22.1. The third kappa shape index (κ3) is 5.74. The van der Waals surface area contributed by atoms with Crippen molar-refractivity contribution in [3.8, 4) is 0 Å². The molecule has 0 saturated carbocycles. The van der Waals surface area contributed by atoms with Gasteiger partial charge in [0, 0.05) is 5.56 Å². The lowest BCUT2D eigenvalue weighted by molar-refractivity contribution is 0.0602. The minimum Gasteiger partial charge on any atom is -0.465 e. The van der Waals surface area contributed by atoms with Gasteiger partial charge in [0.2, 0.25) is 0 Å². The fraction of sp³-hybridized carbons (Fsp3) is 0.0455. The standard InChI is InChI=1S/C22H19N3O4S2/c1-29-21(26)18-14-8-9-15-19(18)23-22(30)24-20(16-10-4-2-5-11-16)25-31(27,28)17-12-6-3-7-13-17/h2-15H,1H3,(H2,23,24,25,30). The monoisotopic (exact) mass is 453 g/mol. The predicted octanol–water partition coefficient (Wildman–Crippen LogP) is 3.60. The molecule has 0 aliphatic rings. The summed E-state index contributed by atoms with van der Waals surface area (Å²) < 4.78 is 34.3. The van der Waals surface area contributed by atoms with Crippen LogP contribution in [0.5, 0.6) is 0 Å². The molecule has 0 heterocycles. The quantitative estimate of drug-likeness (QED) is 0.264. The van der Waals surface area contributed by atoms with Gasteiger partial charge in [-0.1, -0.05) is 60.7 Å². The van der Waals surface area contributed by atoms with E-state index in [9.17, 15) is 13.2 Å². The van der Waals surface area contributed by atoms with Crippen LogP contribution in [0, 0.1) is 0 Å². The van der Waals surface area contributed by atoms with E-state index in [1.54, 1.807) is 72.8 Å². The fourth-order valence-electron chi connectivity index (χ4n) is 2.65. The molecule has 3 rings (SSSR count). The molecule has 7 nitrogen and oxygen atoms in total. The molecule has 0 unspecified atom stereocenters. The first-order valence-electron chi connectivity index (χ1n) is 9.11. The number of anilines is 1. The Hall–Kier alpha value is -3.56. The average molecular weight is 454 g/mol. The van der Waals surface area contributed by atoms with E-state index in [0.717, 1.165) is 0 Å². The molecule has 0 bridgehead atoms. The maximum Gasteiger partial charge on any atom is 0.339 e. The Morgan fingerprint density at radius 2 is 1.48 bits per heavy atom. The van der Waals surface area contributed by atoms with Crippen molar-refractivity contribution in [2.75, 3.05) is 12.4 Å². The maximum absolute atomic E-state index is 12.8. The maximum atomic E-state index is 12.8. The van der Waals surface area contributed by atoms with Crippen LogP contribution in [0.2, 0.25) is 0 Å². The summed E-state index contributed by atoms with van der Waals surface area (Å²) in [6, 6.07) is 23.3. The van der Waals surface area contributed by atoms with Crippen LogP contribution in [0.25, 0.3) is 0 Å². The topological polar surface area (TPSA) is 96.9 Å². The normalized spacial score (nSPS) is 11.5. The summed E-state index contributed by atoms with van der Waals surface area (Å²) in [5.74, 6) is -0.494. The van der Waals surface area contributed by atoms with Crippen molar-refractivity contribution in [1.82, 2.24) is 5.32 Å². The van der Waals surface area contributed by atoms with Gasteiger partial charge in [-0.15, -0.1) is 4.40 Å². The molecule has 31 heavy (non-hydrogen) atoms. The van der Waals surface area contributed by atoms with Crippen molar-refractivity contribution < 1.29 is 17.9 Å². The van der Waals surface area contributed by atoms with Gasteiger partial charge in [0.25, 0.3) is 10.0 Å². The number of nitrogens with one attached hydrogen (secondary N) is 2. The molecule has 3 aromatic carbocycles. The van der Waals surface area contributed by atoms with Gasteiger partial charge in [-0.05, 0) is 36.5 Å². The second kappa shape index (κ2) is 9.96. The van der Waals surface area contributed by atoms with Crippen molar-refractivity contribution in [3.63, 3.8) is 0 Å². The van der Waals surface area contributed by atoms with Crippen LogP contribution in [-0.4, -0.2) is 32.4 Å². The highest BCUT2D eigenvalue weighted by molar-refractivity contribution is 7.90. The molecule has 3 aromatic rings. The van der Waals surface area contributed by atoms with Crippen molar-refractivity contribution in [2.24, 2.45) is 4.40 Å². The van der Waals surface area contributed by atoms with Gasteiger partial charge in [0.15, 0.2) is 10.9 Å². The van der Waals surface area contributed by atoms with E-state index in [1.165, 1.54) is 19.2 Å². The molecular weight excluding hydrogens is 434 g/mol. The Bertz CT molecular complexity index is 1210. The summed E-state index contributed by atoms with van der Waals surface area (Å²) in [7, 11) is -2.71. The smallest absolute Gasteiger partial charge is 0.339 e. The number of hydrogen-bond donors (Lipinski definition) is 2. The number of methoxy groups -OCH3 is 1. The van der Waals surface area contributed by atoms with Gasteiger partial charge in [-0.25, -0.2) is 4.79 Å². The van der Waals surface area contributed by atoms with E-state index in [1.807, 2.05) is 0 Å². The zero-order chi connectivity index (χ0) is 22.3. The van der Waals surface area contributed by atoms with Gasteiger partial charge in [-0.2, -0.15) is 8.42 Å². The molecule has 0 aliphatic heterocycles. The molecule has 0 saturated heterocycles. The molecule has 158 valence electrons. The number of thiocarbonyl (C=S) groups is 1. The molecule has 0 amide bonds. The second-order valence-electron chi connectivity index (χ2n) is 6.21.